The molecule has 0 fully saturated rings. The van der Waals surface area contributed by atoms with Crippen LogP contribution >= 0.6 is 35.2 Å². The standard InChI is InChI=1S/C8H3ClFNS2/c1-2-3-5-6(9)7(11-4-12)8(10)13-5/h1H,3H2. The van der Waals surface area contributed by atoms with Gasteiger partial charge in [0.25, 0.3) is 0 Å². The van der Waals surface area contributed by atoms with Crippen LogP contribution in [-0.2, 0) is 6.42 Å². The van der Waals surface area contributed by atoms with E-state index in [2.05, 4.69) is 28.3 Å². The molecule has 0 amide bonds. The Morgan fingerprint density at radius 2 is 2.38 bits per heavy atom. The van der Waals surface area contributed by atoms with Crippen LogP contribution in [0.15, 0.2) is 4.99 Å². The van der Waals surface area contributed by atoms with Gasteiger partial charge in [0, 0.05) is 11.3 Å². The summed E-state index contributed by atoms with van der Waals surface area (Å²) in [7, 11) is 0. The first kappa shape index (κ1) is 10.4. The lowest BCUT2D eigenvalue weighted by Gasteiger charge is -1.88. The van der Waals surface area contributed by atoms with Gasteiger partial charge in [-0.2, -0.15) is 9.38 Å². The van der Waals surface area contributed by atoms with Crippen molar-refractivity contribution in [3.63, 3.8) is 0 Å². The minimum atomic E-state index is -0.479. The molecule has 1 rings (SSSR count). The number of thiocarbonyl (C=S) groups is 1. The average Bonchev–Trinajstić information content (AvgIpc) is 2.34. The Hall–Kier alpha value is -0.720. The van der Waals surface area contributed by atoms with Gasteiger partial charge in [-0.1, -0.05) is 11.6 Å². The number of rotatable bonds is 2. The molecule has 0 radical (unpaired) electrons. The van der Waals surface area contributed by atoms with Crippen molar-refractivity contribution in [2.24, 2.45) is 4.99 Å². The Bertz CT molecular complexity index is 413. The summed E-state index contributed by atoms with van der Waals surface area (Å²) < 4.78 is 13.1. The first-order valence-corrected chi connectivity index (χ1v) is 4.79. The third kappa shape index (κ3) is 2.15. The van der Waals surface area contributed by atoms with Crippen LogP contribution in [0.1, 0.15) is 4.88 Å². The van der Waals surface area contributed by atoms with Crippen molar-refractivity contribution in [1.29, 1.82) is 0 Å². The van der Waals surface area contributed by atoms with E-state index in [1.54, 1.807) is 0 Å². The Morgan fingerprint density at radius 3 is 2.92 bits per heavy atom. The van der Waals surface area contributed by atoms with E-state index in [0.29, 0.717) is 11.3 Å². The number of nitrogens with zero attached hydrogens (tertiary/aromatic N) is 1. The number of halogens is 2. The predicted octanol–water partition coefficient (Wildman–Crippen LogP) is 3.45. The molecule has 5 heteroatoms. The average molecular weight is 232 g/mol. The maximum Gasteiger partial charge on any atom is 0.204 e. The molecule has 0 aliphatic rings. The first-order valence-electron chi connectivity index (χ1n) is 3.18. The lowest BCUT2D eigenvalue weighted by Crippen LogP contribution is -1.72. The largest absolute Gasteiger partial charge is 0.204 e. The van der Waals surface area contributed by atoms with E-state index in [4.69, 9.17) is 18.0 Å². The summed E-state index contributed by atoms with van der Waals surface area (Å²) in [5, 5.41) is 1.81. The van der Waals surface area contributed by atoms with Crippen LogP contribution in [-0.4, -0.2) is 5.16 Å². The smallest absolute Gasteiger partial charge is 0.193 e. The first-order chi connectivity index (χ1) is 6.20. The second-order valence-electron chi connectivity index (χ2n) is 2.05. The van der Waals surface area contributed by atoms with Gasteiger partial charge in [-0.15, -0.1) is 23.7 Å². The molecule has 0 unspecified atom stereocenters. The Balaban J connectivity index is 3.23. The molecule has 0 bridgehead atoms. The molecule has 1 nitrogen and oxygen atoms in total. The quantitative estimate of drug-likeness (QED) is 0.432. The molecular formula is C8H3ClFNS2. The fraction of sp³-hybridized carbons (Fsp3) is 0.125. The Kier molecular flexibility index (Phi) is 3.58. The highest BCUT2D eigenvalue weighted by molar-refractivity contribution is 7.78. The minimum Gasteiger partial charge on any atom is -0.193 e. The number of hydrogen-bond donors (Lipinski definition) is 0. The Morgan fingerprint density at radius 1 is 1.69 bits per heavy atom. The van der Waals surface area contributed by atoms with Crippen molar-refractivity contribution in [2.45, 2.75) is 6.42 Å². The summed E-state index contributed by atoms with van der Waals surface area (Å²) >= 11 is 11.0. The van der Waals surface area contributed by atoms with E-state index in [1.807, 2.05) is 0 Å². The van der Waals surface area contributed by atoms with Crippen molar-refractivity contribution in [1.82, 2.24) is 0 Å². The molecule has 1 aromatic heterocycles. The van der Waals surface area contributed by atoms with Gasteiger partial charge in [0.1, 0.15) is 5.69 Å². The summed E-state index contributed by atoms with van der Waals surface area (Å²) in [4.78, 5) is 4.10. The van der Waals surface area contributed by atoms with E-state index >= 15 is 0 Å². The summed E-state index contributed by atoms with van der Waals surface area (Å²) in [6, 6.07) is 0. The molecule has 1 heterocycles. The van der Waals surface area contributed by atoms with E-state index in [9.17, 15) is 4.39 Å². The normalized spacial score (nSPS) is 9.00. The maximum atomic E-state index is 13.1. The molecule has 0 spiro atoms. The van der Waals surface area contributed by atoms with Crippen LogP contribution in [0.4, 0.5) is 10.1 Å². The SMILES string of the molecule is C#CCc1sc(F)c(N=C=S)c1Cl. The summed E-state index contributed by atoms with van der Waals surface area (Å²) in [5.41, 5.74) is 0.0342. The predicted molar refractivity (Wildman–Crippen MR) is 56.5 cm³/mol. The zero-order valence-electron chi connectivity index (χ0n) is 6.30. The van der Waals surface area contributed by atoms with Crippen LogP contribution < -0.4 is 0 Å². The fourth-order valence-corrected chi connectivity index (χ4v) is 2.02. The zero-order valence-corrected chi connectivity index (χ0v) is 8.69. The molecular weight excluding hydrogens is 229 g/mol. The van der Waals surface area contributed by atoms with E-state index < -0.39 is 5.13 Å². The van der Waals surface area contributed by atoms with Crippen LogP contribution in [0.3, 0.4) is 0 Å². The number of aliphatic imine (C=N–C) groups is 1. The number of isothiocyanates is 1. The summed E-state index contributed by atoms with van der Waals surface area (Å²) in [6.45, 7) is 0. The lowest BCUT2D eigenvalue weighted by atomic mass is 10.3. The monoisotopic (exact) mass is 231 g/mol. The lowest BCUT2D eigenvalue weighted by molar-refractivity contribution is 0.659. The van der Waals surface area contributed by atoms with E-state index in [-0.39, 0.29) is 10.7 Å². The highest BCUT2D eigenvalue weighted by Gasteiger charge is 2.15. The molecule has 0 saturated carbocycles. The van der Waals surface area contributed by atoms with Crippen molar-refractivity contribution < 1.29 is 4.39 Å². The molecule has 0 saturated heterocycles. The topological polar surface area (TPSA) is 12.4 Å². The van der Waals surface area contributed by atoms with Crippen LogP contribution in [0.5, 0.6) is 0 Å². The van der Waals surface area contributed by atoms with Gasteiger partial charge < -0.3 is 0 Å². The molecule has 13 heavy (non-hydrogen) atoms. The Labute approximate surface area is 89.3 Å². The van der Waals surface area contributed by atoms with Crippen molar-refractivity contribution in [3.05, 3.63) is 15.0 Å². The molecule has 66 valence electrons. The van der Waals surface area contributed by atoms with Crippen LogP contribution in [0.2, 0.25) is 5.02 Å². The second kappa shape index (κ2) is 4.50. The van der Waals surface area contributed by atoms with Crippen LogP contribution in [0.25, 0.3) is 0 Å². The molecule has 0 aliphatic carbocycles. The maximum absolute atomic E-state index is 13.1. The molecule has 1 aromatic rings. The van der Waals surface area contributed by atoms with E-state index in [1.165, 1.54) is 0 Å². The number of thiophene rings is 1. The number of hydrogen-bond acceptors (Lipinski definition) is 3. The van der Waals surface area contributed by atoms with Crippen molar-refractivity contribution in [2.75, 3.05) is 0 Å². The van der Waals surface area contributed by atoms with E-state index in [0.717, 1.165) is 11.3 Å². The second-order valence-corrected chi connectivity index (χ2v) is 3.66. The van der Waals surface area contributed by atoms with Crippen molar-refractivity contribution in [3.8, 4) is 12.3 Å². The summed E-state index contributed by atoms with van der Waals surface area (Å²) in [5.74, 6) is 2.38. The highest BCUT2D eigenvalue weighted by atomic mass is 35.5. The molecule has 0 aromatic carbocycles. The van der Waals surface area contributed by atoms with Gasteiger partial charge >= 0.3 is 0 Å². The summed E-state index contributed by atoms with van der Waals surface area (Å²) in [6.07, 6.45) is 5.37. The van der Waals surface area contributed by atoms with Gasteiger partial charge in [-0.25, -0.2) is 0 Å². The third-order valence-corrected chi connectivity index (χ3v) is 2.85. The molecule has 0 aliphatic heterocycles. The van der Waals surface area contributed by atoms with Crippen LogP contribution in [0, 0.1) is 17.5 Å². The minimum absolute atomic E-state index is 0.0342. The molecule has 0 N–H and O–H groups in total. The van der Waals surface area contributed by atoms with Gasteiger partial charge in [-0.05, 0) is 12.2 Å². The zero-order chi connectivity index (χ0) is 9.84. The van der Waals surface area contributed by atoms with Gasteiger partial charge in [0.05, 0.1) is 10.2 Å². The van der Waals surface area contributed by atoms with Gasteiger partial charge in [0.15, 0.2) is 0 Å². The molecule has 0 atom stereocenters. The third-order valence-electron chi connectivity index (χ3n) is 1.27. The van der Waals surface area contributed by atoms with Gasteiger partial charge in [-0.3, -0.25) is 0 Å². The van der Waals surface area contributed by atoms with Gasteiger partial charge in [0.2, 0.25) is 5.13 Å². The number of terminal acetylenes is 1. The van der Waals surface area contributed by atoms with Crippen molar-refractivity contribution >= 4 is 46.0 Å². The fourth-order valence-electron chi connectivity index (χ4n) is 0.765. The highest BCUT2D eigenvalue weighted by Crippen LogP contribution is 2.38.